The number of carbonyl (C=O) groups excluding carboxylic acids is 2. The van der Waals surface area contributed by atoms with Gasteiger partial charge >= 0.3 is 11.9 Å². The molecule has 0 saturated heterocycles. The lowest BCUT2D eigenvalue weighted by Crippen LogP contribution is -2.55. The van der Waals surface area contributed by atoms with Crippen molar-refractivity contribution in [3.05, 3.63) is 0 Å². The molecule has 5 saturated carbocycles. The third-order valence-corrected chi connectivity index (χ3v) is 11.1. The van der Waals surface area contributed by atoms with Crippen molar-refractivity contribution in [3.8, 4) is 0 Å². The fourth-order valence-electron chi connectivity index (χ4n) is 9.28. The van der Waals surface area contributed by atoms with Crippen LogP contribution in [0.25, 0.3) is 0 Å². The Morgan fingerprint density at radius 1 is 0.750 bits per heavy atom. The summed E-state index contributed by atoms with van der Waals surface area (Å²) in [6.45, 7) is 6.55. The van der Waals surface area contributed by atoms with Gasteiger partial charge in [-0.05, 0) is 99.7 Å². The average molecular weight is 445 g/mol. The van der Waals surface area contributed by atoms with Crippen molar-refractivity contribution in [3.63, 3.8) is 0 Å². The van der Waals surface area contributed by atoms with Crippen LogP contribution in [0, 0.1) is 40.4 Å². The van der Waals surface area contributed by atoms with Gasteiger partial charge in [-0.2, -0.15) is 0 Å². The Labute approximate surface area is 194 Å². The van der Waals surface area contributed by atoms with Crippen molar-refractivity contribution in [2.75, 3.05) is 0 Å². The van der Waals surface area contributed by atoms with Crippen molar-refractivity contribution in [1.29, 1.82) is 0 Å². The second-order valence-corrected chi connectivity index (χ2v) is 12.5. The molecule has 0 heterocycles. The van der Waals surface area contributed by atoms with Gasteiger partial charge in [-0.15, -0.1) is 0 Å². The molecule has 5 aliphatic carbocycles. The second-order valence-electron chi connectivity index (χ2n) is 12.5. The third-order valence-electron chi connectivity index (χ3n) is 11.1. The summed E-state index contributed by atoms with van der Waals surface area (Å²) in [4.78, 5) is 24.4. The highest BCUT2D eigenvalue weighted by molar-refractivity contribution is 5.72. The van der Waals surface area contributed by atoms with E-state index in [2.05, 4.69) is 13.8 Å². The molecule has 32 heavy (non-hydrogen) atoms. The van der Waals surface area contributed by atoms with Crippen LogP contribution in [0.4, 0.5) is 0 Å². The second kappa shape index (κ2) is 8.62. The quantitative estimate of drug-likeness (QED) is 0.469. The molecule has 8 atom stereocenters. The Balaban J connectivity index is 1.26. The lowest BCUT2D eigenvalue weighted by atomic mass is 9.45. The Bertz CT molecular complexity index is 727. The minimum absolute atomic E-state index is 0.109. The first kappa shape index (κ1) is 22.7. The maximum atomic E-state index is 12.9. The molecule has 5 fully saturated rings. The first-order valence-electron chi connectivity index (χ1n) is 13.7. The highest BCUT2D eigenvalue weighted by Crippen LogP contribution is 2.66. The van der Waals surface area contributed by atoms with Gasteiger partial charge in [-0.1, -0.05) is 33.1 Å². The van der Waals surface area contributed by atoms with E-state index in [0.29, 0.717) is 17.3 Å². The monoisotopic (exact) mass is 444 g/mol. The highest BCUT2D eigenvalue weighted by atomic mass is 16.5. The van der Waals surface area contributed by atoms with Gasteiger partial charge in [0.05, 0.1) is 5.92 Å². The summed E-state index contributed by atoms with van der Waals surface area (Å²) in [5.41, 5.74) is 0.557. The van der Waals surface area contributed by atoms with Gasteiger partial charge in [0.25, 0.3) is 0 Å². The molecular formula is C28H44O4. The highest BCUT2D eigenvalue weighted by Gasteiger charge is 2.61. The van der Waals surface area contributed by atoms with Gasteiger partial charge in [0.2, 0.25) is 0 Å². The van der Waals surface area contributed by atoms with Crippen molar-refractivity contribution in [2.45, 2.75) is 123 Å². The summed E-state index contributed by atoms with van der Waals surface area (Å²) in [7, 11) is 0. The molecule has 0 N–H and O–H groups in total. The molecule has 0 bridgehead atoms. The summed E-state index contributed by atoms with van der Waals surface area (Å²) in [5.74, 6) is 3.09. The lowest BCUT2D eigenvalue weighted by molar-refractivity contribution is -0.172. The van der Waals surface area contributed by atoms with Crippen LogP contribution in [0.2, 0.25) is 0 Å². The summed E-state index contributed by atoms with van der Waals surface area (Å²) in [6.07, 6.45) is 16.6. The molecule has 0 aromatic heterocycles. The Kier molecular flexibility index (Phi) is 6.12. The number of hydrogen-bond donors (Lipinski definition) is 0. The molecule has 4 nitrogen and oxygen atoms in total. The normalized spacial score (nSPS) is 46.5. The Morgan fingerprint density at radius 2 is 1.47 bits per heavy atom. The summed E-state index contributed by atoms with van der Waals surface area (Å²) in [5, 5.41) is 0. The Morgan fingerprint density at radius 3 is 2.22 bits per heavy atom. The van der Waals surface area contributed by atoms with E-state index in [1.165, 1.54) is 57.8 Å². The summed E-state index contributed by atoms with van der Waals surface area (Å²) in [6, 6.07) is 0. The number of fused-ring (bicyclic) bond motifs is 5. The number of carbonyl (C=O) groups is 2. The van der Waals surface area contributed by atoms with Crippen LogP contribution < -0.4 is 0 Å². The molecule has 0 unspecified atom stereocenters. The van der Waals surface area contributed by atoms with Crippen LogP contribution in [0.5, 0.6) is 0 Å². The fraction of sp³-hybridized carbons (Fsp3) is 0.929. The van der Waals surface area contributed by atoms with Crippen LogP contribution in [-0.2, 0) is 19.1 Å². The van der Waals surface area contributed by atoms with E-state index in [1.807, 2.05) is 0 Å². The van der Waals surface area contributed by atoms with Gasteiger partial charge in [0.15, 0.2) is 0 Å². The lowest BCUT2D eigenvalue weighted by Gasteiger charge is -2.60. The topological polar surface area (TPSA) is 52.6 Å². The predicted molar refractivity (Wildman–Crippen MR) is 124 cm³/mol. The van der Waals surface area contributed by atoms with E-state index in [0.717, 1.165) is 43.9 Å². The molecule has 0 radical (unpaired) electrons. The molecule has 0 amide bonds. The van der Waals surface area contributed by atoms with Crippen LogP contribution in [0.1, 0.15) is 111 Å². The number of hydrogen-bond acceptors (Lipinski definition) is 4. The molecule has 0 aliphatic heterocycles. The fourth-order valence-corrected chi connectivity index (χ4v) is 9.28. The predicted octanol–water partition coefficient (Wildman–Crippen LogP) is 6.45. The first-order valence-corrected chi connectivity index (χ1v) is 13.7. The molecule has 0 spiro atoms. The smallest absolute Gasteiger partial charge is 0.309 e. The summed E-state index contributed by atoms with van der Waals surface area (Å²) >= 11 is 0. The molecule has 0 aromatic rings. The van der Waals surface area contributed by atoms with Crippen molar-refractivity contribution in [2.24, 2.45) is 40.4 Å². The molecule has 180 valence electrons. The van der Waals surface area contributed by atoms with E-state index in [9.17, 15) is 9.59 Å². The van der Waals surface area contributed by atoms with Crippen LogP contribution in [0.3, 0.4) is 0 Å². The van der Waals surface area contributed by atoms with Crippen molar-refractivity contribution in [1.82, 2.24) is 0 Å². The van der Waals surface area contributed by atoms with Gasteiger partial charge in [0.1, 0.15) is 12.2 Å². The standard InChI is InChI=1S/C28H44O4/c1-18(29)31-21-13-15-27(2)20(17-21)9-10-22-23-11-12-25(28(23,3)16-14-24(22)27)32-26(30)19-7-5-4-6-8-19/h19-25H,4-17H2,1-3H3/t20-,21+,22+,23+,24+,25+,27+,28+/m1/s1. The molecule has 4 heteroatoms. The van der Waals surface area contributed by atoms with E-state index >= 15 is 0 Å². The SMILES string of the molecule is CC(=O)O[C@H]1CC[C@@]2(C)[C@H](CC[C@@H]3[C@@H]2CC[C@]2(C)[C@@H](OC(=O)C4CCCCC4)CC[C@@H]32)C1. The third kappa shape index (κ3) is 3.82. The number of rotatable bonds is 3. The van der Waals surface area contributed by atoms with Gasteiger partial charge in [-0.25, -0.2) is 0 Å². The molecule has 5 rings (SSSR count). The van der Waals surface area contributed by atoms with Crippen LogP contribution in [-0.4, -0.2) is 24.1 Å². The van der Waals surface area contributed by atoms with Crippen LogP contribution >= 0.6 is 0 Å². The summed E-state index contributed by atoms with van der Waals surface area (Å²) < 4.78 is 11.9. The van der Waals surface area contributed by atoms with E-state index in [4.69, 9.17) is 9.47 Å². The van der Waals surface area contributed by atoms with E-state index in [-0.39, 0.29) is 35.5 Å². The first-order chi connectivity index (χ1) is 15.3. The van der Waals surface area contributed by atoms with Crippen molar-refractivity contribution < 1.29 is 19.1 Å². The van der Waals surface area contributed by atoms with Gasteiger partial charge in [-0.3, -0.25) is 9.59 Å². The maximum absolute atomic E-state index is 12.9. The Hall–Kier alpha value is -1.06. The molecule has 5 aliphatic rings. The van der Waals surface area contributed by atoms with Crippen molar-refractivity contribution >= 4 is 11.9 Å². The largest absolute Gasteiger partial charge is 0.463 e. The van der Waals surface area contributed by atoms with E-state index in [1.54, 1.807) is 6.92 Å². The zero-order chi connectivity index (χ0) is 22.5. The zero-order valence-electron chi connectivity index (χ0n) is 20.6. The van der Waals surface area contributed by atoms with E-state index < -0.39 is 0 Å². The maximum Gasteiger partial charge on any atom is 0.309 e. The minimum atomic E-state index is -0.125. The zero-order valence-corrected chi connectivity index (χ0v) is 20.6. The average Bonchev–Trinajstić information content (AvgIpc) is 3.10. The number of esters is 2. The minimum Gasteiger partial charge on any atom is -0.463 e. The number of ether oxygens (including phenoxy) is 2. The van der Waals surface area contributed by atoms with Gasteiger partial charge < -0.3 is 9.47 Å². The molecule has 0 aromatic carbocycles. The molecular weight excluding hydrogens is 400 g/mol. The van der Waals surface area contributed by atoms with Crippen LogP contribution in [0.15, 0.2) is 0 Å². The van der Waals surface area contributed by atoms with Gasteiger partial charge in [0, 0.05) is 12.3 Å².